The zero-order valence-corrected chi connectivity index (χ0v) is 23.4. The lowest BCUT2D eigenvalue weighted by molar-refractivity contribution is -0.139. The van der Waals surface area contributed by atoms with E-state index in [4.69, 9.17) is 9.47 Å². The number of benzene rings is 3. The van der Waals surface area contributed by atoms with Gasteiger partial charge in [-0.2, -0.15) is 0 Å². The molecule has 5 rings (SSSR count). The summed E-state index contributed by atoms with van der Waals surface area (Å²) in [5.41, 5.74) is 3.06. The topological polar surface area (TPSA) is 84.9 Å². The van der Waals surface area contributed by atoms with Crippen molar-refractivity contribution < 1.29 is 23.9 Å². The predicted molar refractivity (Wildman–Crippen MR) is 154 cm³/mol. The largest absolute Gasteiger partial charge is 0.466 e. The highest BCUT2D eigenvalue weighted by atomic mass is 79.9. The molecule has 3 aromatic carbocycles. The first-order valence-electron chi connectivity index (χ1n) is 11.9. The Balaban J connectivity index is 1.82. The molecule has 7 nitrogen and oxygen atoms in total. The van der Waals surface area contributed by atoms with Gasteiger partial charge in [0.05, 0.1) is 25.8 Å². The number of rotatable bonds is 6. The van der Waals surface area contributed by atoms with Gasteiger partial charge in [-0.05, 0) is 35.4 Å². The van der Waals surface area contributed by atoms with Gasteiger partial charge < -0.3 is 19.7 Å². The van der Waals surface area contributed by atoms with Crippen LogP contribution in [0.5, 0.6) is 0 Å². The van der Waals surface area contributed by atoms with E-state index in [2.05, 4.69) is 21.2 Å². The Bertz CT molecular complexity index is 1560. The smallest absolute Gasteiger partial charge is 0.345 e. The maximum atomic E-state index is 14.2. The van der Waals surface area contributed by atoms with E-state index in [9.17, 15) is 14.4 Å². The van der Waals surface area contributed by atoms with Crippen LogP contribution >= 0.6 is 27.7 Å². The molecule has 9 heteroatoms. The number of fused-ring (bicyclic) bond motifs is 3. The van der Waals surface area contributed by atoms with Crippen LogP contribution in [-0.2, 0) is 19.1 Å². The first-order chi connectivity index (χ1) is 18.9. The molecule has 0 spiro atoms. The molecule has 1 N–H and O–H groups in total. The molecule has 0 fully saturated rings. The van der Waals surface area contributed by atoms with Crippen LogP contribution in [0.2, 0.25) is 0 Å². The lowest BCUT2D eigenvalue weighted by atomic mass is 9.89. The fraction of sp³-hybridized carbons (Fsp3) is 0.100. The minimum absolute atomic E-state index is 0.0258. The third-order valence-corrected chi connectivity index (χ3v) is 7.87. The van der Waals surface area contributed by atoms with E-state index in [1.54, 1.807) is 35.4 Å². The molecule has 0 radical (unpaired) electrons. The Morgan fingerprint density at radius 1 is 0.897 bits per heavy atom. The normalized spacial score (nSPS) is 16.2. The molecule has 0 bridgehead atoms. The average molecular weight is 603 g/mol. The summed E-state index contributed by atoms with van der Waals surface area (Å²) in [6.45, 7) is 0. The van der Waals surface area contributed by atoms with E-state index in [1.807, 2.05) is 60.7 Å². The van der Waals surface area contributed by atoms with E-state index in [0.29, 0.717) is 16.3 Å². The highest BCUT2D eigenvalue weighted by molar-refractivity contribution is 9.10. The van der Waals surface area contributed by atoms with Crippen LogP contribution in [0.3, 0.4) is 0 Å². The van der Waals surface area contributed by atoms with E-state index in [0.717, 1.165) is 27.4 Å². The molecular weight excluding hydrogens is 580 g/mol. The Morgan fingerprint density at radius 3 is 2.33 bits per heavy atom. The number of ether oxygens (including phenoxy) is 2. The fourth-order valence-electron chi connectivity index (χ4n) is 4.54. The number of Topliss-reactive ketones (excluding diaryl/α,β-unsaturated/α-hetero) is 1. The number of thioether (sulfide) groups is 1. The number of methoxy groups -OCH3 is 2. The Kier molecular flexibility index (Phi) is 7.72. The number of nitrogens with zero attached hydrogens (tertiary/aromatic N) is 1. The van der Waals surface area contributed by atoms with Crippen LogP contribution in [0.15, 0.2) is 111 Å². The molecule has 0 saturated heterocycles. The summed E-state index contributed by atoms with van der Waals surface area (Å²) in [5, 5.41) is 3.68. The summed E-state index contributed by atoms with van der Waals surface area (Å²) in [6, 6.07) is 23.0. The number of hydrogen-bond donors (Lipinski definition) is 1. The highest BCUT2D eigenvalue weighted by Crippen LogP contribution is 2.48. The Morgan fingerprint density at radius 2 is 1.62 bits per heavy atom. The zero-order valence-electron chi connectivity index (χ0n) is 21.0. The molecule has 0 saturated carbocycles. The van der Waals surface area contributed by atoms with E-state index in [-0.39, 0.29) is 22.0 Å². The van der Waals surface area contributed by atoms with Gasteiger partial charge in [0.2, 0.25) is 5.78 Å². The molecule has 2 aliphatic heterocycles. The predicted octanol–water partition coefficient (Wildman–Crippen LogP) is 6.29. The van der Waals surface area contributed by atoms with Crippen molar-refractivity contribution in [3.63, 3.8) is 0 Å². The average Bonchev–Trinajstić information content (AvgIpc) is 3.11. The minimum atomic E-state index is -0.829. The van der Waals surface area contributed by atoms with Crippen molar-refractivity contribution in [3.8, 4) is 0 Å². The van der Waals surface area contributed by atoms with Crippen LogP contribution in [-0.4, -0.2) is 36.8 Å². The van der Waals surface area contributed by atoms with Crippen molar-refractivity contribution in [1.29, 1.82) is 0 Å². The standard InChI is InChI=1S/C30H23BrN2O5S/c1-37-29(35)23-24-22-14-7-6-9-18(22)15-16-33(24)25(26(34)19-10-4-3-5-11-19)28(39-27(23)30(36)38-2)32-21-13-8-12-20(31)17-21/h3-17,24,32H,1-2H3. The monoisotopic (exact) mass is 602 g/mol. The van der Waals surface area contributed by atoms with Crippen molar-refractivity contribution in [2.45, 2.75) is 6.04 Å². The highest BCUT2D eigenvalue weighted by Gasteiger charge is 2.43. The maximum Gasteiger partial charge on any atom is 0.345 e. The Hall–Kier alpha value is -4.08. The van der Waals surface area contributed by atoms with Crippen molar-refractivity contribution in [2.24, 2.45) is 0 Å². The molecule has 2 heterocycles. The molecule has 3 aromatic rings. The van der Waals surface area contributed by atoms with Crippen LogP contribution in [0, 0.1) is 0 Å². The zero-order chi connectivity index (χ0) is 27.5. The Labute approximate surface area is 238 Å². The van der Waals surface area contributed by atoms with Gasteiger partial charge in [0, 0.05) is 21.9 Å². The minimum Gasteiger partial charge on any atom is -0.466 e. The van der Waals surface area contributed by atoms with Gasteiger partial charge in [0.25, 0.3) is 0 Å². The van der Waals surface area contributed by atoms with Gasteiger partial charge >= 0.3 is 11.9 Å². The van der Waals surface area contributed by atoms with Gasteiger partial charge in [0.15, 0.2) is 0 Å². The SMILES string of the molecule is COC(=O)C1=C(C(=O)OC)C2c3ccccc3C=CN2C(C(=O)c2ccccc2)=C(Nc2cccc(Br)c2)S1. The summed E-state index contributed by atoms with van der Waals surface area (Å²) in [7, 11) is 2.52. The van der Waals surface area contributed by atoms with Crippen molar-refractivity contribution in [2.75, 3.05) is 19.5 Å². The van der Waals surface area contributed by atoms with Crippen LogP contribution in [0.1, 0.15) is 27.5 Å². The number of hydrogen-bond acceptors (Lipinski definition) is 8. The summed E-state index contributed by atoms with van der Waals surface area (Å²) in [6.07, 6.45) is 3.64. The molecule has 0 amide bonds. The fourth-order valence-corrected chi connectivity index (χ4v) is 6.08. The number of anilines is 1. The lowest BCUT2D eigenvalue weighted by Gasteiger charge is -2.36. The third kappa shape index (κ3) is 5.15. The summed E-state index contributed by atoms with van der Waals surface area (Å²) >= 11 is 4.46. The van der Waals surface area contributed by atoms with E-state index < -0.39 is 18.0 Å². The summed E-state index contributed by atoms with van der Waals surface area (Å²) in [4.78, 5) is 42.6. The molecule has 1 atom stereocenters. The lowest BCUT2D eigenvalue weighted by Crippen LogP contribution is -2.34. The summed E-state index contributed by atoms with van der Waals surface area (Å²) in [5.74, 6) is -1.70. The van der Waals surface area contributed by atoms with Crippen LogP contribution in [0.4, 0.5) is 5.69 Å². The van der Waals surface area contributed by atoms with Crippen molar-refractivity contribution >= 4 is 57.2 Å². The summed E-state index contributed by atoms with van der Waals surface area (Å²) < 4.78 is 11.1. The van der Waals surface area contributed by atoms with Gasteiger partial charge in [-0.25, -0.2) is 9.59 Å². The molecule has 2 aliphatic rings. The van der Waals surface area contributed by atoms with Crippen molar-refractivity contribution in [1.82, 2.24) is 4.90 Å². The number of esters is 2. The second-order valence-electron chi connectivity index (χ2n) is 8.59. The maximum absolute atomic E-state index is 14.2. The van der Waals surface area contributed by atoms with Gasteiger partial charge in [-0.15, -0.1) is 0 Å². The van der Waals surface area contributed by atoms with Crippen LogP contribution < -0.4 is 5.32 Å². The first-order valence-corrected chi connectivity index (χ1v) is 13.5. The van der Waals surface area contributed by atoms with Gasteiger partial charge in [-0.1, -0.05) is 88.4 Å². The van der Waals surface area contributed by atoms with Crippen molar-refractivity contribution in [3.05, 3.63) is 127 Å². The van der Waals surface area contributed by atoms with Gasteiger partial charge in [-0.3, -0.25) is 4.79 Å². The molecule has 0 aliphatic carbocycles. The third-order valence-electron chi connectivity index (χ3n) is 6.29. The van der Waals surface area contributed by atoms with Crippen LogP contribution in [0.25, 0.3) is 6.08 Å². The number of nitrogens with one attached hydrogen (secondary N) is 1. The number of carbonyl (C=O) groups excluding carboxylic acids is 3. The quantitative estimate of drug-likeness (QED) is 0.260. The number of carbonyl (C=O) groups is 3. The molecule has 1 unspecified atom stereocenters. The second-order valence-corrected chi connectivity index (χ2v) is 10.5. The molecule has 39 heavy (non-hydrogen) atoms. The number of halogens is 1. The molecule has 0 aromatic heterocycles. The number of ketones is 1. The first kappa shape index (κ1) is 26.5. The van der Waals surface area contributed by atoms with Gasteiger partial charge in [0.1, 0.15) is 15.6 Å². The molecular formula is C30H23BrN2O5S. The van der Waals surface area contributed by atoms with E-state index in [1.165, 1.54) is 14.2 Å². The van der Waals surface area contributed by atoms with E-state index >= 15 is 0 Å². The number of allylic oxidation sites excluding steroid dienone is 1. The molecule has 196 valence electrons. The second kappa shape index (κ2) is 11.3.